The molecule has 4 rings (SSSR count). The summed E-state index contributed by atoms with van der Waals surface area (Å²) in [6.07, 6.45) is 1.18. The molecule has 1 aliphatic rings. The van der Waals surface area contributed by atoms with Gasteiger partial charge in [0.25, 0.3) is 0 Å². The second kappa shape index (κ2) is 10.7. The molecule has 29 heavy (non-hydrogen) atoms. The van der Waals surface area contributed by atoms with Gasteiger partial charge in [-0.2, -0.15) is 0 Å². The fraction of sp³-hybridized carbons (Fsp3) is 0.360. The van der Waals surface area contributed by atoms with Gasteiger partial charge in [0, 0.05) is 43.3 Å². The van der Waals surface area contributed by atoms with Crippen molar-refractivity contribution in [3.05, 3.63) is 72.8 Å². The Morgan fingerprint density at radius 2 is 1.59 bits per heavy atom. The van der Waals surface area contributed by atoms with Crippen molar-refractivity contribution in [2.24, 2.45) is 0 Å². The molecule has 0 spiro atoms. The van der Waals surface area contributed by atoms with Crippen molar-refractivity contribution in [1.29, 1.82) is 0 Å². The van der Waals surface area contributed by atoms with Crippen molar-refractivity contribution >= 4 is 28.2 Å². The Hall–Kier alpha value is -2.01. The monoisotopic (exact) mass is 406 g/mol. The van der Waals surface area contributed by atoms with Crippen LogP contribution < -0.4 is 4.90 Å². The van der Waals surface area contributed by atoms with Gasteiger partial charge in [-0.3, -0.25) is 4.90 Å². The Labute approximate surface area is 178 Å². The molecule has 152 valence electrons. The standard InChI is InChI=1S/C25H30N2OS/c1-2-9-25(10-3-1)29-20-6-13-27(15-14-26-16-18-28-19-17-26)24-12-11-22-7-4-5-8-23(22)21-24/h1-5,7-12,21H,6,13-20H2. The summed E-state index contributed by atoms with van der Waals surface area (Å²) >= 11 is 1.95. The van der Waals surface area contributed by atoms with Crippen LogP contribution in [0.1, 0.15) is 6.42 Å². The highest BCUT2D eigenvalue weighted by atomic mass is 32.2. The molecule has 0 aliphatic carbocycles. The Morgan fingerprint density at radius 3 is 2.41 bits per heavy atom. The number of thioether (sulfide) groups is 1. The number of ether oxygens (including phenoxy) is 1. The number of hydrogen-bond donors (Lipinski definition) is 0. The summed E-state index contributed by atoms with van der Waals surface area (Å²) in [6.45, 7) is 7.08. The highest BCUT2D eigenvalue weighted by Gasteiger charge is 2.13. The van der Waals surface area contributed by atoms with E-state index in [0.29, 0.717) is 0 Å². The number of hydrogen-bond acceptors (Lipinski definition) is 4. The predicted molar refractivity (Wildman–Crippen MR) is 125 cm³/mol. The van der Waals surface area contributed by atoms with Crippen LogP contribution in [0.4, 0.5) is 5.69 Å². The zero-order valence-electron chi connectivity index (χ0n) is 17.0. The van der Waals surface area contributed by atoms with E-state index in [1.807, 2.05) is 11.8 Å². The molecule has 3 aromatic rings. The lowest BCUT2D eigenvalue weighted by atomic mass is 10.1. The van der Waals surface area contributed by atoms with Crippen molar-refractivity contribution in [2.45, 2.75) is 11.3 Å². The molecule has 0 N–H and O–H groups in total. The van der Waals surface area contributed by atoms with Crippen LogP contribution in [0.5, 0.6) is 0 Å². The van der Waals surface area contributed by atoms with Gasteiger partial charge in [0.2, 0.25) is 0 Å². The highest BCUT2D eigenvalue weighted by Crippen LogP contribution is 2.23. The Bertz CT molecular complexity index is 880. The van der Waals surface area contributed by atoms with Gasteiger partial charge in [0.15, 0.2) is 0 Å². The molecule has 0 aromatic heterocycles. The van der Waals surface area contributed by atoms with Crippen LogP contribution in [0.2, 0.25) is 0 Å². The Morgan fingerprint density at radius 1 is 0.828 bits per heavy atom. The van der Waals surface area contributed by atoms with E-state index in [0.717, 1.165) is 51.7 Å². The minimum Gasteiger partial charge on any atom is -0.379 e. The van der Waals surface area contributed by atoms with E-state index in [2.05, 4.69) is 82.6 Å². The minimum absolute atomic E-state index is 0.865. The fourth-order valence-electron chi connectivity index (χ4n) is 3.79. The number of benzene rings is 3. The second-order valence-corrected chi connectivity index (χ2v) is 8.66. The molecule has 1 saturated heterocycles. The molecule has 0 bridgehead atoms. The predicted octanol–water partition coefficient (Wildman–Crippen LogP) is 5.16. The number of rotatable bonds is 9. The maximum Gasteiger partial charge on any atom is 0.0594 e. The second-order valence-electron chi connectivity index (χ2n) is 7.49. The van der Waals surface area contributed by atoms with E-state index in [4.69, 9.17) is 4.74 Å². The van der Waals surface area contributed by atoms with Gasteiger partial charge in [-0.25, -0.2) is 0 Å². The quantitative estimate of drug-likeness (QED) is 0.360. The molecule has 3 nitrogen and oxygen atoms in total. The molecular formula is C25H30N2OS. The van der Waals surface area contributed by atoms with E-state index < -0.39 is 0 Å². The summed E-state index contributed by atoms with van der Waals surface area (Å²) in [5.74, 6) is 1.14. The molecule has 0 atom stereocenters. The van der Waals surface area contributed by atoms with Gasteiger partial charge in [-0.05, 0) is 47.2 Å². The minimum atomic E-state index is 0.865. The number of nitrogens with zero attached hydrogens (tertiary/aromatic N) is 2. The van der Waals surface area contributed by atoms with Crippen molar-refractivity contribution in [1.82, 2.24) is 4.90 Å². The highest BCUT2D eigenvalue weighted by molar-refractivity contribution is 7.99. The van der Waals surface area contributed by atoms with Crippen molar-refractivity contribution in [3.63, 3.8) is 0 Å². The number of morpholine rings is 1. The summed E-state index contributed by atoms with van der Waals surface area (Å²) in [4.78, 5) is 6.45. The summed E-state index contributed by atoms with van der Waals surface area (Å²) in [7, 11) is 0. The topological polar surface area (TPSA) is 15.7 Å². The van der Waals surface area contributed by atoms with E-state index in [1.165, 1.54) is 27.8 Å². The average molecular weight is 407 g/mol. The fourth-order valence-corrected chi connectivity index (χ4v) is 4.65. The lowest BCUT2D eigenvalue weighted by molar-refractivity contribution is 0.0392. The smallest absolute Gasteiger partial charge is 0.0594 e. The Balaban J connectivity index is 1.39. The molecule has 3 aromatic carbocycles. The number of anilines is 1. The van der Waals surface area contributed by atoms with Crippen molar-refractivity contribution < 1.29 is 4.74 Å². The van der Waals surface area contributed by atoms with E-state index in [-0.39, 0.29) is 0 Å². The van der Waals surface area contributed by atoms with Crippen LogP contribution in [0.3, 0.4) is 0 Å². The lowest BCUT2D eigenvalue weighted by Gasteiger charge is -2.31. The first-order valence-corrected chi connectivity index (χ1v) is 11.6. The maximum atomic E-state index is 5.50. The van der Waals surface area contributed by atoms with Gasteiger partial charge in [0.1, 0.15) is 0 Å². The number of fused-ring (bicyclic) bond motifs is 1. The third kappa shape index (κ3) is 5.99. The normalized spacial score (nSPS) is 14.9. The first-order chi connectivity index (χ1) is 14.4. The summed E-state index contributed by atoms with van der Waals surface area (Å²) in [5.41, 5.74) is 1.33. The van der Waals surface area contributed by atoms with E-state index in [1.54, 1.807) is 0 Å². The van der Waals surface area contributed by atoms with Crippen LogP contribution in [0, 0.1) is 0 Å². The molecule has 1 heterocycles. The Kier molecular flexibility index (Phi) is 7.46. The molecule has 1 fully saturated rings. The molecule has 1 aliphatic heterocycles. The van der Waals surface area contributed by atoms with Gasteiger partial charge in [0.05, 0.1) is 13.2 Å². The van der Waals surface area contributed by atoms with Gasteiger partial charge in [-0.15, -0.1) is 11.8 Å². The summed E-state index contributed by atoms with van der Waals surface area (Å²) in [5, 5.41) is 2.63. The molecule has 0 unspecified atom stereocenters. The summed E-state index contributed by atoms with van der Waals surface area (Å²) < 4.78 is 5.50. The molecular weight excluding hydrogens is 376 g/mol. The zero-order valence-corrected chi connectivity index (χ0v) is 17.8. The lowest BCUT2D eigenvalue weighted by Crippen LogP contribution is -2.41. The third-order valence-corrected chi connectivity index (χ3v) is 6.57. The van der Waals surface area contributed by atoms with Gasteiger partial charge in [-0.1, -0.05) is 48.5 Å². The van der Waals surface area contributed by atoms with Crippen LogP contribution in [0.25, 0.3) is 10.8 Å². The SMILES string of the molecule is c1ccc(SCCCN(CCN2CCOCC2)c2ccc3ccccc3c2)cc1. The largest absolute Gasteiger partial charge is 0.379 e. The molecule has 0 saturated carbocycles. The van der Waals surface area contributed by atoms with Crippen LogP contribution in [-0.4, -0.2) is 56.6 Å². The molecule has 0 amide bonds. The van der Waals surface area contributed by atoms with Gasteiger partial charge >= 0.3 is 0 Å². The van der Waals surface area contributed by atoms with Gasteiger partial charge < -0.3 is 9.64 Å². The van der Waals surface area contributed by atoms with E-state index >= 15 is 0 Å². The third-order valence-electron chi connectivity index (χ3n) is 5.47. The van der Waals surface area contributed by atoms with Crippen LogP contribution >= 0.6 is 11.8 Å². The molecule has 4 heteroatoms. The van der Waals surface area contributed by atoms with Crippen LogP contribution in [0.15, 0.2) is 77.7 Å². The summed E-state index contributed by atoms with van der Waals surface area (Å²) in [6, 6.07) is 26.2. The molecule has 0 radical (unpaired) electrons. The first kappa shape index (κ1) is 20.3. The maximum absolute atomic E-state index is 5.50. The first-order valence-electron chi connectivity index (χ1n) is 10.6. The van der Waals surface area contributed by atoms with Crippen molar-refractivity contribution in [2.75, 3.05) is 56.6 Å². The van der Waals surface area contributed by atoms with Crippen molar-refractivity contribution in [3.8, 4) is 0 Å². The van der Waals surface area contributed by atoms with Crippen LogP contribution in [-0.2, 0) is 4.74 Å². The van der Waals surface area contributed by atoms with E-state index in [9.17, 15) is 0 Å². The zero-order chi connectivity index (χ0) is 19.7. The average Bonchev–Trinajstić information content (AvgIpc) is 2.79.